The van der Waals surface area contributed by atoms with Crippen LogP contribution >= 0.6 is 11.8 Å². The fourth-order valence-electron chi connectivity index (χ4n) is 1.31. The normalized spacial score (nSPS) is 10.7. The summed E-state index contributed by atoms with van der Waals surface area (Å²) >= 11 is 1.66. The lowest BCUT2D eigenvalue weighted by Crippen LogP contribution is -2.16. The molecule has 0 saturated carbocycles. The summed E-state index contributed by atoms with van der Waals surface area (Å²) in [5.74, 6) is 1.01. The first-order valence-electron chi connectivity index (χ1n) is 6.09. The van der Waals surface area contributed by atoms with Gasteiger partial charge >= 0.3 is 0 Å². The van der Waals surface area contributed by atoms with Crippen molar-refractivity contribution in [3.8, 4) is 0 Å². The molecule has 5 heteroatoms. The van der Waals surface area contributed by atoms with Crippen molar-refractivity contribution in [1.82, 2.24) is 15.3 Å². The van der Waals surface area contributed by atoms with Gasteiger partial charge in [-0.05, 0) is 25.6 Å². The average Bonchev–Trinajstić information content (AvgIpc) is 2.36. The largest absolute Gasteiger partial charge is 0.382 e. The van der Waals surface area contributed by atoms with Gasteiger partial charge in [0.15, 0.2) is 5.16 Å². The monoisotopic (exact) mass is 255 g/mol. The van der Waals surface area contributed by atoms with Crippen molar-refractivity contribution in [1.29, 1.82) is 0 Å². The number of ether oxygens (including phenoxy) is 1. The molecule has 4 nitrogen and oxygen atoms in total. The highest BCUT2D eigenvalue weighted by Crippen LogP contribution is 2.10. The molecule has 1 aromatic heterocycles. The van der Waals surface area contributed by atoms with E-state index in [1.807, 2.05) is 19.3 Å². The number of hydrogen-bond acceptors (Lipinski definition) is 5. The molecular formula is C12H21N3OS. The fraction of sp³-hybridized carbons (Fsp3) is 0.667. The van der Waals surface area contributed by atoms with Crippen LogP contribution in [0.4, 0.5) is 0 Å². The summed E-state index contributed by atoms with van der Waals surface area (Å²) in [6, 6.07) is 0. The number of thioether (sulfide) groups is 1. The lowest BCUT2D eigenvalue weighted by molar-refractivity contribution is 0.144. The van der Waals surface area contributed by atoms with Gasteiger partial charge in [-0.25, -0.2) is 9.97 Å². The molecule has 0 aromatic carbocycles. The van der Waals surface area contributed by atoms with Gasteiger partial charge in [-0.3, -0.25) is 0 Å². The van der Waals surface area contributed by atoms with Crippen LogP contribution in [-0.2, 0) is 11.3 Å². The molecule has 0 saturated heterocycles. The molecule has 1 rings (SSSR count). The van der Waals surface area contributed by atoms with E-state index in [1.54, 1.807) is 11.8 Å². The van der Waals surface area contributed by atoms with Gasteiger partial charge in [0.2, 0.25) is 0 Å². The maximum atomic E-state index is 5.26. The van der Waals surface area contributed by atoms with E-state index in [9.17, 15) is 0 Å². The lowest BCUT2D eigenvalue weighted by Gasteiger charge is -2.05. The van der Waals surface area contributed by atoms with Crippen molar-refractivity contribution in [2.24, 2.45) is 0 Å². The second-order valence-corrected chi connectivity index (χ2v) is 4.77. The van der Waals surface area contributed by atoms with Crippen molar-refractivity contribution < 1.29 is 4.74 Å². The Bertz CT molecular complexity index is 292. The molecule has 17 heavy (non-hydrogen) atoms. The Balaban J connectivity index is 2.14. The Labute approximate surface area is 108 Å². The minimum Gasteiger partial charge on any atom is -0.382 e. The molecule has 96 valence electrons. The molecule has 0 radical (unpaired) electrons. The molecule has 0 bridgehead atoms. The first-order valence-corrected chi connectivity index (χ1v) is 7.07. The minimum absolute atomic E-state index is 0.796. The van der Waals surface area contributed by atoms with Crippen LogP contribution in [0.3, 0.4) is 0 Å². The quantitative estimate of drug-likeness (QED) is 0.416. The molecule has 0 spiro atoms. The van der Waals surface area contributed by atoms with Crippen LogP contribution in [-0.4, -0.2) is 35.5 Å². The zero-order valence-electron chi connectivity index (χ0n) is 10.6. The van der Waals surface area contributed by atoms with Gasteiger partial charge in [-0.15, -0.1) is 0 Å². The fourth-order valence-corrected chi connectivity index (χ4v) is 1.83. The average molecular weight is 255 g/mol. The van der Waals surface area contributed by atoms with E-state index in [4.69, 9.17) is 4.74 Å². The number of nitrogens with zero attached hydrogens (tertiary/aromatic N) is 2. The lowest BCUT2D eigenvalue weighted by atomic mass is 10.3. The minimum atomic E-state index is 0.796. The topological polar surface area (TPSA) is 47.0 Å². The molecular weight excluding hydrogens is 234 g/mol. The van der Waals surface area contributed by atoms with E-state index in [-0.39, 0.29) is 0 Å². The standard InChI is InChI=1S/C12H21N3OS/c1-3-16-7-5-6-13-8-11-9-14-12(15-10-11)17-4-2/h9-10,13H,3-8H2,1-2H3. The predicted molar refractivity (Wildman–Crippen MR) is 71.2 cm³/mol. The molecule has 0 fully saturated rings. The SMILES string of the molecule is CCOCCCNCc1cnc(SCC)nc1. The molecule has 0 aliphatic carbocycles. The van der Waals surface area contributed by atoms with E-state index < -0.39 is 0 Å². The Morgan fingerprint density at radius 3 is 2.71 bits per heavy atom. The molecule has 0 atom stereocenters. The summed E-state index contributed by atoms with van der Waals surface area (Å²) in [5, 5.41) is 4.20. The van der Waals surface area contributed by atoms with E-state index in [2.05, 4.69) is 22.2 Å². The third kappa shape index (κ3) is 6.61. The highest BCUT2D eigenvalue weighted by atomic mass is 32.2. The summed E-state index contributed by atoms with van der Waals surface area (Å²) in [6.07, 6.45) is 4.82. The van der Waals surface area contributed by atoms with Crippen LogP contribution in [0.1, 0.15) is 25.8 Å². The van der Waals surface area contributed by atoms with Crippen LogP contribution in [0, 0.1) is 0 Å². The van der Waals surface area contributed by atoms with E-state index in [0.717, 1.165) is 49.2 Å². The second kappa shape index (κ2) is 9.39. The predicted octanol–water partition coefficient (Wildman–Crippen LogP) is 2.10. The molecule has 1 aromatic rings. The van der Waals surface area contributed by atoms with Crippen LogP contribution < -0.4 is 5.32 Å². The van der Waals surface area contributed by atoms with Gasteiger partial charge in [0, 0.05) is 37.7 Å². The molecule has 0 aliphatic rings. The smallest absolute Gasteiger partial charge is 0.187 e. The van der Waals surface area contributed by atoms with Crippen LogP contribution in [0.5, 0.6) is 0 Å². The van der Waals surface area contributed by atoms with Crippen molar-refractivity contribution in [3.63, 3.8) is 0 Å². The molecule has 0 aliphatic heterocycles. The maximum absolute atomic E-state index is 5.26. The van der Waals surface area contributed by atoms with Crippen LogP contribution in [0.25, 0.3) is 0 Å². The second-order valence-electron chi connectivity index (χ2n) is 3.53. The van der Waals surface area contributed by atoms with Gasteiger partial charge in [-0.1, -0.05) is 18.7 Å². The summed E-state index contributed by atoms with van der Waals surface area (Å²) < 4.78 is 5.26. The van der Waals surface area contributed by atoms with Crippen LogP contribution in [0.2, 0.25) is 0 Å². The van der Waals surface area contributed by atoms with E-state index >= 15 is 0 Å². The van der Waals surface area contributed by atoms with Gasteiger partial charge in [0.1, 0.15) is 0 Å². The Morgan fingerprint density at radius 2 is 2.06 bits per heavy atom. The molecule has 0 amide bonds. The number of aromatic nitrogens is 2. The highest BCUT2D eigenvalue weighted by Gasteiger charge is 1.97. The van der Waals surface area contributed by atoms with Crippen molar-refractivity contribution in [2.75, 3.05) is 25.5 Å². The Morgan fingerprint density at radius 1 is 1.29 bits per heavy atom. The Hall–Kier alpha value is -0.650. The van der Waals surface area contributed by atoms with Gasteiger partial charge < -0.3 is 10.1 Å². The molecule has 1 N–H and O–H groups in total. The Kier molecular flexibility index (Phi) is 7.96. The summed E-state index contributed by atoms with van der Waals surface area (Å²) in [7, 11) is 0. The van der Waals surface area contributed by atoms with Gasteiger partial charge in [-0.2, -0.15) is 0 Å². The first kappa shape index (κ1) is 14.4. The third-order valence-corrected chi connectivity index (χ3v) is 2.89. The maximum Gasteiger partial charge on any atom is 0.187 e. The summed E-state index contributed by atoms with van der Waals surface area (Å²) in [4.78, 5) is 8.57. The third-order valence-electron chi connectivity index (χ3n) is 2.13. The highest BCUT2D eigenvalue weighted by molar-refractivity contribution is 7.99. The van der Waals surface area contributed by atoms with E-state index in [0.29, 0.717) is 0 Å². The van der Waals surface area contributed by atoms with E-state index in [1.165, 1.54) is 0 Å². The molecule has 1 heterocycles. The van der Waals surface area contributed by atoms with Crippen LogP contribution in [0.15, 0.2) is 17.6 Å². The van der Waals surface area contributed by atoms with Gasteiger partial charge in [0.25, 0.3) is 0 Å². The zero-order valence-corrected chi connectivity index (χ0v) is 11.4. The summed E-state index contributed by atoms with van der Waals surface area (Å²) in [6.45, 7) is 7.52. The van der Waals surface area contributed by atoms with Crippen molar-refractivity contribution in [3.05, 3.63) is 18.0 Å². The van der Waals surface area contributed by atoms with Crippen molar-refractivity contribution >= 4 is 11.8 Å². The van der Waals surface area contributed by atoms with Crippen molar-refractivity contribution in [2.45, 2.75) is 32.0 Å². The summed E-state index contributed by atoms with van der Waals surface area (Å²) in [5.41, 5.74) is 1.13. The van der Waals surface area contributed by atoms with Gasteiger partial charge in [0.05, 0.1) is 0 Å². The number of hydrogen-bond donors (Lipinski definition) is 1. The number of rotatable bonds is 9. The first-order chi connectivity index (χ1) is 8.36. The zero-order chi connectivity index (χ0) is 12.3. The molecule has 0 unspecified atom stereocenters. The number of nitrogens with one attached hydrogen (secondary N) is 1.